The van der Waals surface area contributed by atoms with E-state index < -0.39 is 0 Å². The number of benzene rings is 3. The Labute approximate surface area is 209 Å². The predicted molar refractivity (Wildman–Crippen MR) is 141 cm³/mol. The first-order valence-corrected chi connectivity index (χ1v) is 12.3. The van der Waals surface area contributed by atoms with Crippen molar-refractivity contribution in [1.29, 1.82) is 0 Å². The van der Waals surface area contributed by atoms with E-state index in [-0.39, 0.29) is 18.4 Å². The van der Waals surface area contributed by atoms with Crippen LogP contribution in [-0.2, 0) is 9.59 Å². The summed E-state index contributed by atoms with van der Waals surface area (Å²) in [6, 6.07) is 25.1. The van der Waals surface area contributed by atoms with E-state index in [9.17, 15) is 9.59 Å². The zero-order valence-corrected chi connectivity index (χ0v) is 20.5. The summed E-state index contributed by atoms with van der Waals surface area (Å²) < 4.78 is 0. The van der Waals surface area contributed by atoms with Gasteiger partial charge in [0.25, 0.3) is 5.91 Å². The fourth-order valence-corrected chi connectivity index (χ4v) is 4.87. The number of amides is 2. The predicted octanol–water partition coefficient (Wildman–Crippen LogP) is 5.46. The molecule has 0 bridgehead atoms. The van der Waals surface area contributed by atoms with Crippen molar-refractivity contribution in [2.75, 3.05) is 36.5 Å². The van der Waals surface area contributed by atoms with Crippen molar-refractivity contribution in [3.05, 3.63) is 94.4 Å². The molecular formula is C27H26ClN3O2S. The van der Waals surface area contributed by atoms with Gasteiger partial charge in [0.05, 0.1) is 10.6 Å². The van der Waals surface area contributed by atoms with Crippen LogP contribution in [0, 0.1) is 0 Å². The number of rotatable bonds is 8. The number of nitrogens with one attached hydrogen (secondary N) is 1. The molecular weight excluding hydrogens is 466 g/mol. The molecule has 1 N–H and O–H groups in total. The van der Waals surface area contributed by atoms with Crippen molar-refractivity contribution < 1.29 is 9.59 Å². The lowest BCUT2D eigenvalue weighted by molar-refractivity contribution is -0.122. The van der Waals surface area contributed by atoms with Gasteiger partial charge in [-0.05, 0) is 54.5 Å². The van der Waals surface area contributed by atoms with Gasteiger partial charge in [0.2, 0.25) is 5.91 Å². The Morgan fingerprint density at radius 3 is 2.50 bits per heavy atom. The Hall–Kier alpha value is -3.22. The highest BCUT2D eigenvalue weighted by Gasteiger charge is 2.30. The Bertz CT molecular complexity index is 1180. The third-order valence-corrected chi connectivity index (χ3v) is 6.82. The van der Waals surface area contributed by atoms with Crippen molar-refractivity contribution in [3.8, 4) is 0 Å². The Morgan fingerprint density at radius 1 is 1.03 bits per heavy atom. The SMILES string of the molecule is CN(CCCNC(=O)CN1C(=O)C(=Cc2ccc(Cl)cc2)Sc2ccccc21)c1ccccc1. The number of hydrogen-bond donors (Lipinski definition) is 1. The van der Waals surface area contributed by atoms with Gasteiger partial charge < -0.3 is 10.2 Å². The molecule has 0 radical (unpaired) electrons. The highest BCUT2D eigenvalue weighted by molar-refractivity contribution is 8.04. The summed E-state index contributed by atoms with van der Waals surface area (Å²) in [7, 11) is 2.03. The number of para-hydroxylation sites is 2. The summed E-state index contributed by atoms with van der Waals surface area (Å²) >= 11 is 7.40. The lowest BCUT2D eigenvalue weighted by Crippen LogP contribution is -2.43. The van der Waals surface area contributed by atoms with Crippen LogP contribution in [0.15, 0.2) is 88.7 Å². The number of nitrogens with zero attached hydrogens (tertiary/aromatic N) is 2. The molecule has 0 atom stereocenters. The molecule has 0 saturated heterocycles. The summed E-state index contributed by atoms with van der Waals surface area (Å²) in [5.41, 5.74) is 2.78. The lowest BCUT2D eigenvalue weighted by Gasteiger charge is -2.30. The maximum atomic E-state index is 13.3. The largest absolute Gasteiger partial charge is 0.375 e. The van der Waals surface area contributed by atoms with Gasteiger partial charge in [0, 0.05) is 35.7 Å². The molecule has 0 unspecified atom stereocenters. The number of hydrogen-bond acceptors (Lipinski definition) is 4. The average molecular weight is 492 g/mol. The quantitative estimate of drug-likeness (QED) is 0.335. The van der Waals surface area contributed by atoms with Gasteiger partial charge in [-0.2, -0.15) is 0 Å². The monoisotopic (exact) mass is 491 g/mol. The van der Waals surface area contributed by atoms with Crippen molar-refractivity contribution in [1.82, 2.24) is 5.32 Å². The molecule has 0 saturated carbocycles. The Kier molecular flexibility index (Phi) is 7.93. The van der Waals surface area contributed by atoms with Crippen LogP contribution in [0.4, 0.5) is 11.4 Å². The zero-order chi connectivity index (χ0) is 23.9. The standard InChI is InChI=1S/C27H26ClN3O2S/c1-30(22-8-3-2-4-9-22)17-7-16-29-26(32)19-31-23-10-5-6-11-24(23)34-25(27(31)33)18-20-12-14-21(28)15-13-20/h2-6,8-15,18H,7,16-17,19H2,1H3,(H,29,32). The van der Waals surface area contributed by atoms with Crippen LogP contribution in [0.2, 0.25) is 5.02 Å². The van der Waals surface area contributed by atoms with E-state index in [0.29, 0.717) is 16.5 Å². The van der Waals surface area contributed by atoms with Crippen LogP contribution in [0.25, 0.3) is 6.08 Å². The molecule has 0 aliphatic carbocycles. The van der Waals surface area contributed by atoms with Crippen molar-refractivity contribution >= 4 is 52.6 Å². The number of anilines is 2. The number of carbonyl (C=O) groups is 2. The average Bonchev–Trinajstić information content (AvgIpc) is 2.86. The normalized spacial score (nSPS) is 14.1. The smallest absolute Gasteiger partial charge is 0.265 e. The molecule has 34 heavy (non-hydrogen) atoms. The second-order valence-electron chi connectivity index (χ2n) is 7.98. The molecule has 0 fully saturated rings. The second kappa shape index (κ2) is 11.3. The van der Waals surface area contributed by atoms with E-state index >= 15 is 0 Å². The van der Waals surface area contributed by atoms with E-state index in [1.54, 1.807) is 17.0 Å². The molecule has 4 rings (SSSR count). The van der Waals surface area contributed by atoms with Crippen LogP contribution in [0.5, 0.6) is 0 Å². The summed E-state index contributed by atoms with van der Waals surface area (Å²) in [5.74, 6) is -0.360. The van der Waals surface area contributed by atoms with Gasteiger partial charge in [0.1, 0.15) is 6.54 Å². The molecule has 1 aliphatic heterocycles. The van der Waals surface area contributed by atoms with E-state index in [4.69, 9.17) is 11.6 Å². The Balaban J connectivity index is 1.39. The highest BCUT2D eigenvalue weighted by Crippen LogP contribution is 2.41. The molecule has 5 nitrogen and oxygen atoms in total. The summed E-state index contributed by atoms with van der Waals surface area (Å²) in [6.07, 6.45) is 2.64. The molecule has 1 aliphatic rings. The summed E-state index contributed by atoms with van der Waals surface area (Å²) in [6.45, 7) is 1.34. The van der Waals surface area contributed by atoms with Crippen LogP contribution < -0.4 is 15.1 Å². The third-order valence-electron chi connectivity index (χ3n) is 5.49. The molecule has 3 aromatic rings. The van der Waals surface area contributed by atoms with Crippen molar-refractivity contribution in [2.24, 2.45) is 0 Å². The van der Waals surface area contributed by atoms with Gasteiger partial charge >= 0.3 is 0 Å². The van der Waals surface area contributed by atoms with Gasteiger partial charge in [0.15, 0.2) is 0 Å². The first-order valence-electron chi connectivity index (χ1n) is 11.1. The lowest BCUT2D eigenvalue weighted by atomic mass is 10.2. The topological polar surface area (TPSA) is 52.7 Å². The highest BCUT2D eigenvalue weighted by atomic mass is 35.5. The minimum absolute atomic E-state index is 0.0249. The Morgan fingerprint density at radius 2 is 1.74 bits per heavy atom. The summed E-state index contributed by atoms with van der Waals surface area (Å²) in [5, 5.41) is 3.60. The minimum Gasteiger partial charge on any atom is -0.375 e. The number of halogens is 1. The molecule has 3 aromatic carbocycles. The third kappa shape index (κ3) is 6.01. The van der Waals surface area contributed by atoms with Crippen LogP contribution in [0.1, 0.15) is 12.0 Å². The number of thioether (sulfide) groups is 1. The minimum atomic E-state index is -0.183. The fraction of sp³-hybridized carbons (Fsp3) is 0.185. The molecule has 1 heterocycles. The van der Waals surface area contributed by atoms with Gasteiger partial charge in [-0.1, -0.05) is 65.8 Å². The van der Waals surface area contributed by atoms with Crippen LogP contribution >= 0.6 is 23.4 Å². The molecule has 0 spiro atoms. The first kappa shape index (κ1) is 23.9. The first-order chi connectivity index (χ1) is 16.5. The van der Waals surface area contributed by atoms with Crippen molar-refractivity contribution in [2.45, 2.75) is 11.3 Å². The molecule has 0 aromatic heterocycles. The second-order valence-corrected chi connectivity index (χ2v) is 9.50. The van der Waals surface area contributed by atoms with Crippen molar-refractivity contribution in [3.63, 3.8) is 0 Å². The number of carbonyl (C=O) groups excluding carboxylic acids is 2. The van der Waals surface area contributed by atoms with Gasteiger partial charge in [-0.25, -0.2) is 0 Å². The van der Waals surface area contributed by atoms with E-state index in [0.717, 1.165) is 34.8 Å². The number of fused-ring (bicyclic) bond motifs is 1. The summed E-state index contributed by atoms with van der Waals surface area (Å²) in [4.78, 5) is 31.2. The van der Waals surface area contributed by atoms with Crippen LogP contribution in [-0.4, -0.2) is 38.5 Å². The van der Waals surface area contributed by atoms with Crippen LogP contribution in [0.3, 0.4) is 0 Å². The van der Waals surface area contributed by atoms with E-state index in [1.165, 1.54) is 11.8 Å². The fourth-order valence-electron chi connectivity index (χ4n) is 3.68. The van der Waals surface area contributed by atoms with E-state index in [2.05, 4.69) is 22.3 Å². The molecule has 7 heteroatoms. The zero-order valence-electron chi connectivity index (χ0n) is 18.9. The van der Waals surface area contributed by atoms with Gasteiger partial charge in [-0.15, -0.1) is 0 Å². The molecule has 2 amide bonds. The van der Waals surface area contributed by atoms with E-state index in [1.807, 2.05) is 67.7 Å². The molecule has 174 valence electrons. The van der Waals surface area contributed by atoms with Gasteiger partial charge in [-0.3, -0.25) is 14.5 Å². The maximum Gasteiger partial charge on any atom is 0.265 e. The maximum absolute atomic E-state index is 13.3.